The number of aliphatic hydroxyl groups excluding tert-OH is 2. The monoisotopic (exact) mass is 825 g/mol. The van der Waals surface area contributed by atoms with Crippen LogP contribution in [0.15, 0.2) is 15.9 Å². The van der Waals surface area contributed by atoms with Crippen LogP contribution in [0, 0.1) is 12.3 Å². The number of phosphoric ester groups is 2. The zero-order chi connectivity index (χ0) is 39.3. The number of H-pyrrole nitrogens is 2. The first-order valence-corrected chi connectivity index (χ1v) is 19.9. The van der Waals surface area contributed by atoms with Crippen molar-refractivity contribution < 1.29 is 65.7 Å². The number of hydrogen-bond acceptors (Lipinski definition) is 21. The summed E-state index contributed by atoms with van der Waals surface area (Å²) in [6.45, 7) is -1.33. The van der Waals surface area contributed by atoms with E-state index in [-0.39, 0.29) is 60.9 Å². The second-order valence-electron chi connectivity index (χ2n) is 12.0. The highest BCUT2D eigenvalue weighted by atomic mass is 31.3. The molecule has 2 saturated heterocycles. The van der Waals surface area contributed by atoms with Crippen LogP contribution >= 0.6 is 23.5 Å². The molecule has 9 atom stereocenters. The van der Waals surface area contributed by atoms with E-state index in [1.807, 2.05) is 0 Å². The van der Waals surface area contributed by atoms with Crippen molar-refractivity contribution in [3.05, 3.63) is 27.0 Å². The Labute approximate surface area is 302 Å². The third-order valence-corrected chi connectivity index (χ3v) is 12.4. The molecule has 6 rings (SSSR count). The lowest BCUT2D eigenvalue weighted by atomic mass is 10.1. The number of ether oxygens (including phenoxy) is 2. The molecule has 296 valence electrons. The zero-order valence-corrected chi connectivity index (χ0v) is 30.4. The minimum Gasteiger partial charge on any atom is -0.387 e. The van der Waals surface area contributed by atoms with Crippen molar-refractivity contribution in [2.24, 2.45) is 0 Å². The van der Waals surface area contributed by atoms with Crippen LogP contribution in [-0.4, -0.2) is 136 Å². The topological polar surface area (TPSA) is 379 Å². The molecule has 0 saturated carbocycles. The molecule has 0 radical (unpaired) electrons. The molecule has 6 heterocycles. The summed E-state index contributed by atoms with van der Waals surface area (Å²) < 4.78 is 68.2. The molecule has 0 bridgehead atoms. The van der Waals surface area contributed by atoms with E-state index < -0.39 is 84.7 Å². The van der Waals surface area contributed by atoms with Gasteiger partial charge in [-0.1, -0.05) is 5.92 Å². The molecular weight excluding hydrogens is 791 g/mol. The van der Waals surface area contributed by atoms with Crippen molar-refractivity contribution in [2.45, 2.75) is 36.9 Å². The standard InChI is InChI=1S/C24H34N11O16P3/c1-3-4-33-5-11(48-13(6-33)35-10-32(2)15-19(35)29-24(26)31-21(15)39)7-46-52(40,41)50-54(44,45)51-53(42,43)47-8-12-16(36)17(37)22(49-12)34-9-27-14-18(34)28-23(25)30-20(14)38/h1,9,11-13,16-17,22,36-37H,4-8,10H2,2H3,(H,40,41)(H,42,43)(H,44,45)(H3,25,28,30,38)(H3,26,29,31,39)/t11-,12+,13+,16+,17+,22+/m0/s1. The quantitative estimate of drug-likeness (QED) is 0.0610. The number of hydrogen-bond donors (Lipinski definition) is 9. The van der Waals surface area contributed by atoms with Gasteiger partial charge in [-0.2, -0.15) is 18.6 Å². The minimum absolute atomic E-state index is 0.0414. The summed E-state index contributed by atoms with van der Waals surface area (Å²) in [5, 5.41) is 21.0. The largest absolute Gasteiger partial charge is 0.490 e. The molecule has 0 amide bonds. The smallest absolute Gasteiger partial charge is 0.387 e. The van der Waals surface area contributed by atoms with Crippen LogP contribution in [0.5, 0.6) is 0 Å². The van der Waals surface area contributed by atoms with Crippen LogP contribution in [0.2, 0.25) is 0 Å². The van der Waals surface area contributed by atoms with E-state index in [9.17, 15) is 48.2 Å². The fourth-order valence-corrected chi connectivity index (χ4v) is 9.46. The summed E-state index contributed by atoms with van der Waals surface area (Å²) >= 11 is 0. The Balaban J connectivity index is 1.05. The summed E-state index contributed by atoms with van der Waals surface area (Å²) in [6, 6.07) is 0. The second-order valence-corrected chi connectivity index (χ2v) is 16.7. The number of terminal acetylenes is 1. The Bertz CT molecular complexity index is 2210. The van der Waals surface area contributed by atoms with E-state index in [4.69, 9.17) is 31.9 Å². The third kappa shape index (κ3) is 8.53. The number of fused-ring (bicyclic) bond motifs is 2. The molecule has 3 aromatic heterocycles. The normalized spacial score (nSPS) is 28.0. The summed E-state index contributed by atoms with van der Waals surface area (Å²) in [6.07, 6.45) is -1.94. The van der Waals surface area contributed by atoms with Gasteiger partial charge in [0.25, 0.3) is 11.1 Å². The number of aromatic nitrogens is 6. The molecule has 3 aliphatic heterocycles. The number of nitrogens with one attached hydrogen (secondary N) is 2. The van der Waals surface area contributed by atoms with Gasteiger partial charge in [0.2, 0.25) is 11.9 Å². The number of rotatable bonds is 13. The molecule has 54 heavy (non-hydrogen) atoms. The van der Waals surface area contributed by atoms with Crippen LogP contribution in [0.4, 0.5) is 23.4 Å². The lowest BCUT2D eigenvalue weighted by molar-refractivity contribution is -0.0981. The number of morpholine rings is 1. The van der Waals surface area contributed by atoms with Gasteiger partial charge in [0.05, 0.1) is 38.9 Å². The van der Waals surface area contributed by atoms with Crippen molar-refractivity contribution in [1.82, 2.24) is 34.4 Å². The lowest BCUT2D eigenvalue weighted by Gasteiger charge is -2.41. The molecular formula is C24H34N11O16P3. The van der Waals surface area contributed by atoms with Gasteiger partial charge in [-0.15, -0.1) is 6.42 Å². The van der Waals surface area contributed by atoms with Gasteiger partial charge in [-0.3, -0.25) is 38.1 Å². The average molecular weight is 826 g/mol. The molecule has 30 heteroatoms. The highest BCUT2D eigenvalue weighted by Gasteiger charge is 2.48. The maximum absolute atomic E-state index is 12.7. The highest BCUT2D eigenvalue weighted by Crippen LogP contribution is 2.67. The Hall–Kier alpha value is -3.80. The van der Waals surface area contributed by atoms with Crippen molar-refractivity contribution in [2.75, 3.05) is 67.8 Å². The van der Waals surface area contributed by atoms with Gasteiger partial charge in [0, 0.05) is 20.1 Å². The van der Waals surface area contributed by atoms with Gasteiger partial charge >= 0.3 is 23.5 Å². The van der Waals surface area contributed by atoms with Gasteiger partial charge in [-0.25, -0.2) is 18.7 Å². The SMILES string of the molecule is C#CCN1C[C@@H](COP(=O)(O)OP(=O)(O)OP(=O)(O)OC[C@H]2O[C@@H](n3cnc4c(=O)[nH]c(N)nc43)[C@H](O)[C@@H]2O)O[C@@H](N2CN(C)c3c2nc(N)[nH]c3=O)C1. The van der Waals surface area contributed by atoms with E-state index in [0.29, 0.717) is 0 Å². The number of anilines is 4. The first-order valence-electron chi connectivity index (χ1n) is 15.4. The second kappa shape index (κ2) is 15.0. The minimum atomic E-state index is -5.93. The number of nitrogens with two attached hydrogens (primary N) is 2. The molecule has 0 spiro atoms. The third-order valence-electron chi connectivity index (χ3n) is 8.10. The van der Waals surface area contributed by atoms with Crippen molar-refractivity contribution in [3.63, 3.8) is 0 Å². The maximum atomic E-state index is 12.7. The van der Waals surface area contributed by atoms with Gasteiger partial charge in [-0.05, 0) is 0 Å². The van der Waals surface area contributed by atoms with E-state index in [1.54, 1.807) is 21.7 Å². The molecule has 11 N–H and O–H groups in total. The Kier molecular flexibility index (Phi) is 11.1. The molecule has 3 aromatic rings. The Morgan fingerprint density at radius 1 is 0.963 bits per heavy atom. The summed E-state index contributed by atoms with van der Waals surface area (Å²) in [7, 11) is -15.5. The van der Waals surface area contributed by atoms with E-state index in [1.165, 1.54) is 0 Å². The number of phosphoric acid groups is 3. The molecule has 3 unspecified atom stereocenters. The van der Waals surface area contributed by atoms with Crippen molar-refractivity contribution in [1.29, 1.82) is 0 Å². The molecule has 27 nitrogen and oxygen atoms in total. The van der Waals surface area contributed by atoms with Crippen LogP contribution in [0.25, 0.3) is 11.2 Å². The average Bonchev–Trinajstić information content (AvgIpc) is 3.71. The van der Waals surface area contributed by atoms with E-state index in [0.717, 1.165) is 10.9 Å². The van der Waals surface area contributed by atoms with Crippen LogP contribution in [0.1, 0.15) is 6.23 Å². The molecule has 3 aliphatic rings. The van der Waals surface area contributed by atoms with E-state index >= 15 is 0 Å². The fourth-order valence-electron chi connectivity index (χ4n) is 5.92. The van der Waals surface area contributed by atoms with Crippen LogP contribution in [-0.2, 0) is 40.8 Å². The highest BCUT2D eigenvalue weighted by molar-refractivity contribution is 7.66. The van der Waals surface area contributed by atoms with Gasteiger partial charge < -0.3 is 55.6 Å². The summed E-state index contributed by atoms with van der Waals surface area (Å²) in [5.74, 6) is 2.23. The predicted molar refractivity (Wildman–Crippen MR) is 181 cm³/mol. The van der Waals surface area contributed by atoms with Crippen molar-refractivity contribution >= 4 is 58.0 Å². The lowest BCUT2D eigenvalue weighted by Crippen LogP contribution is -2.56. The number of imidazole rings is 1. The fraction of sp³-hybridized carbons (Fsp3) is 0.542. The molecule has 0 aromatic carbocycles. The van der Waals surface area contributed by atoms with Gasteiger partial charge in [0.15, 0.2) is 23.2 Å². The van der Waals surface area contributed by atoms with E-state index in [2.05, 4.69) is 44.0 Å². The first-order chi connectivity index (χ1) is 25.3. The Morgan fingerprint density at radius 3 is 2.30 bits per heavy atom. The van der Waals surface area contributed by atoms with Crippen LogP contribution < -0.4 is 32.4 Å². The first kappa shape index (κ1) is 39.9. The summed E-state index contributed by atoms with van der Waals surface area (Å²) in [5.41, 5.74) is 9.99. The number of aliphatic hydroxyl groups is 2. The Morgan fingerprint density at radius 2 is 1.61 bits per heavy atom. The van der Waals surface area contributed by atoms with Crippen molar-refractivity contribution in [3.8, 4) is 12.3 Å². The number of aromatic amines is 2. The zero-order valence-electron chi connectivity index (χ0n) is 27.7. The number of nitrogens with zero attached hydrogens (tertiary/aromatic N) is 7. The summed E-state index contributed by atoms with van der Waals surface area (Å²) in [4.78, 5) is 76.5. The molecule has 2 fully saturated rings. The maximum Gasteiger partial charge on any atom is 0.490 e. The van der Waals surface area contributed by atoms with Gasteiger partial charge in [0.1, 0.15) is 30.2 Å². The number of nitrogen functional groups attached to an aromatic ring is 2. The molecule has 0 aliphatic carbocycles. The predicted octanol–water partition coefficient (Wildman–Crippen LogP) is -3.07. The van der Waals surface area contributed by atoms with Crippen LogP contribution in [0.3, 0.4) is 0 Å².